The smallest absolute Gasteiger partial charge is 0.321 e. The maximum Gasteiger partial charge on any atom is 0.321 e. The summed E-state index contributed by atoms with van der Waals surface area (Å²) in [5, 5.41) is 5.93. The summed E-state index contributed by atoms with van der Waals surface area (Å²) < 4.78 is 0. The first-order chi connectivity index (χ1) is 13.4. The van der Waals surface area contributed by atoms with Crippen LogP contribution in [-0.4, -0.2) is 54.5 Å². The molecule has 2 aliphatic rings. The summed E-state index contributed by atoms with van der Waals surface area (Å²) in [4.78, 5) is 29.1. The van der Waals surface area contributed by atoms with E-state index in [2.05, 4.69) is 15.5 Å². The van der Waals surface area contributed by atoms with E-state index in [0.717, 1.165) is 37.2 Å². The van der Waals surface area contributed by atoms with E-state index in [9.17, 15) is 9.59 Å². The zero-order valence-electron chi connectivity index (χ0n) is 17.5. The number of aryl methyl sites for hydroxylation is 1. The number of hydrogen-bond donors (Lipinski definition) is 2. The van der Waals surface area contributed by atoms with Gasteiger partial charge < -0.3 is 20.4 Å². The Morgan fingerprint density at radius 1 is 1.07 bits per heavy atom. The van der Waals surface area contributed by atoms with Crippen molar-refractivity contribution in [2.45, 2.75) is 46.5 Å². The predicted molar refractivity (Wildman–Crippen MR) is 114 cm³/mol. The Bertz CT molecular complexity index is 690. The Kier molecular flexibility index (Phi) is 6.94. The average molecular weight is 387 g/mol. The minimum Gasteiger partial charge on any atom is -0.326 e. The Balaban J connectivity index is 1.52. The van der Waals surface area contributed by atoms with Gasteiger partial charge in [0.15, 0.2) is 0 Å². The predicted octanol–water partition coefficient (Wildman–Crippen LogP) is 3.93. The monoisotopic (exact) mass is 386 g/mol. The van der Waals surface area contributed by atoms with Crippen molar-refractivity contribution in [1.29, 1.82) is 0 Å². The van der Waals surface area contributed by atoms with Crippen molar-refractivity contribution < 1.29 is 9.59 Å². The average Bonchev–Trinajstić information content (AvgIpc) is 3.18. The lowest BCUT2D eigenvalue weighted by molar-refractivity contribution is -0.118. The van der Waals surface area contributed by atoms with Gasteiger partial charge in [-0.05, 0) is 69.3 Å². The van der Waals surface area contributed by atoms with E-state index in [1.165, 1.54) is 32.5 Å². The van der Waals surface area contributed by atoms with Crippen LogP contribution in [0.1, 0.15) is 45.1 Å². The maximum atomic E-state index is 12.7. The molecule has 3 rings (SSSR count). The molecule has 0 aromatic heterocycles. The number of amides is 3. The third kappa shape index (κ3) is 5.47. The van der Waals surface area contributed by atoms with Gasteiger partial charge in [0, 0.05) is 36.9 Å². The molecule has 0 radical (unpaired) electrons. The first-order valence-corrected chi connectivity index (χ1v) is 10.6. The van der Waals surface area contributed by atoms with E-state index >= 15 is 0 Å². The number of anilines is 2. The second-order valence-corrected chi connectivity index (χ2v) is 8.54. The molecule has 154 valence electrons. The lowest BCUT2D eigenvalue weighted by Crippen LogP contribution is -2.43. The number of hydrogen-bond acceptors (Lipinski definition) is 3. The molecule has 2 fully saturated rings. The van der Waals surface area contributed by atoms with Crippen LogP contribution >= 0.6 is 0 Å². The number of carbonyl (C=O) groups is 2. The summed E-state index contributed by atoms with van der Waals surface area (Å²) >= 11 is 0. The Labute approximate surface area is 168 Å². The number of piperidine rings is 1. The van der Waals surface area contributed by atoms with Crippen LogP contribution in [0.15, 0.2) is 18.2 Å². The van der Waals surface area contributed by atoms with Gasteiger partial charge in [0.05, 0.1) is 0 Å². The lowest BCUT2D eigenvalue weighted by Gasteiger charge is -2.34. The Hall–Kier alpha value is -2.08. The molecule has 0 saturated carbocycles. The van der Waals surface area contributed by atoms with Crippen LogP contribution in [0, 0.1) is 18.8 Å². The number of nitrogens with zero attached hydrogens (tertiary/aromatic N) is 2. The SMILES string of the molecule is Cc1ccc(NC(=O)C(C)C)cc1NC(=O)N1CCC(CN2CCCC2)CC1. The number of benzene rings is 1. The van der Waals surface area contributed by atoms with Crippen LogP contribution in [0.4, 0.5) is 16.2 Å². The molecule has 28 heavy (non-hydrogen) atoms. The van der Waals surface area contributed by atoms with Crippen molar-refractivity contribution in [2.24, 2.45) is 11.8 Å². The highest BCUT2D eigenvalue weighted by Gasteiger charge is 2.25. The van der Waals surface area contributed by atoms with Crippen LogP contribution in [-0.2, 0) is 4.79 Å². The van der Waals surface area contributed by atoms with Crippen LogP contribution in [0.5, 0.6) is 0 Å². The molecule has 0 aliphatic carbocycles. The molecule has 0 bridgehead atoms. The fourth-order valence-electron chi connectivity index (χ4n) is 3.96. The normalized spacial score (nSPS) is 18.5. The largest absolute Gasteiger partial charge is 0.326 e. The van der Waals surface area contributed by atoms with Crippen molar-refractivity contribution in [2.75, 3.05) is 43.4 Å². The van der Waals surface area contributed by atoms with Gasteiger partial charge in [0.2, 0.25) is 5.91 Å². The number of urea groups is 1. The first kappa shape index (κ1) is 20.6. The molecule has 2 N–H and O–H groups in total. The van der Waals surface area contributed by atoms with Gasteiger partial charge in [0.1, 0.15) is 0 Å². The van der Waals surface area contributed by atoms with Crippen molar-refractivity contribution in [3.8, 4) is 0 Å². The van der Waals surface area contributed by atoms with Crippen molar-refractivity contribution >= 4 is 23.3 Å². The van der Waals surface area contributed by atoms with Gasteiger partial charge in [-0.3, -0.25) is 4.79 Å². The molecule has 0 atom stereocenters. The minimum absolute atomic E-state index is 0.0267. The minimum atomic E-state index is -0.0822. The van der Waals surface area contributed by atoms with Crippen LogP contribution in [0.3, 0.4) is 0 Å². The van der Waals surface area contributed by atoms with Crippen LogP contribution in [0.25, 0.3) is 0 Å². The number of rotatable bonds is 5. The van der Waals surface area contributed by atoms with Gasteiger partial charge in [-0.25, -0.2) is 4.79 Å². The lowest BCUT2D eigenvalue weighted by atomic mass is 9.96. The summed E-state index contributed by atoms with van der Waals surface area (Å²) in [6.07, 6.45) is 4.81. The summed E-state index contributed by atoms with van der Waals surface area (Å²) in [5.74, 6) is 0.598. The van der Waals surface area contributed by atoms with Crippen molar-refractivity contribution in [1.82, 2.24) is 9.80 Å². The fraction of sp³-hybridized carbons (Fsp3) is 0.636. The number of nitrogens with one attached hydrogen (secondary N) is 2. The molecular formula is C22H34N4O2. The molecule has 2 aliphatic heterocycles. The van der Waals surface area contributed by atoms with E-state index < -0.39 is 0 Å². The standard InChI is InChI=1S/C22H34N4O2/c1-16(2)21(27)23-19-7-6-17(3)20(14-19)24-22(28)26-12-8-18(9-13-26)15-25-10-4-5-11-25/h6-7,14,16,18H,4-5,8-13,15H2,1-3H3,(H,23,27)(H,24,28). The summed E-state index contributed by atoms with van der Waals surface area (Å²) in [5.41, 5.74) is 2.45. The summed E-state index contributed by atoms with van der Waals surface area (Å²) in [6.45, 7) is 11.0. The zero-order valence-corrected chi connectivity index (χ0v) is 17.5. The van der Waals surface area contributed by atoms with Gasteiger partial charge in [-0.2, -0.15) is 0 Å². The highest BCUT2D eigenvalue weighted by atomic mass is 16.2. The molecule has 0 spiro atoms. The van der Waals surface area contributed by atoms with Gasteiger partial charge in [0.25, 0.3) is 0 Å². The molecule has 0 unspecified atom stereocenters. The van der Waals surface area contributed by atoms with Crippen molar-refractivity contribution in [3.05, 3.63) is 23.8 Å². The molecule has 3 amide bonds. The highest BCUT2D eigenvalue weighted by Crippen LogP contribution is 2.24. The Morgan fingerprint density at radius 2 is 1.75 bits per heavy atom. The second-order valence-electron chi connectivity index (χ2n) is 8.54. The fourth-order valence-corrected chi connectivity index (χ4v) is 3.96. The number of likely N-dealkylation sites (tertiary alicyclic amines) is 2. The topological polar surface area (TPSA) is 64.7 Å². The quantitative estimate of drug-likeness (QED) is 0.806. The third-order valence-electron chi connectivity index (χ3n) is 5.89. The Morgan fingerprint density at radius 3 is 2.39 bits per heavy atom. The highest BCUT2D eigenvalue weighted by molar-refractivity contribution is 5.94. The van der Waals surface area contributed by atoms with Gasteiger partial charge in [-0.15, -0.1) is 0 Å². The van der Waals surface area contributed by atoms with Crippen molar-refractivity contribution in [3.63, 3.8) is 0 Å². The molecule has 6 nitrogen and oxygen atoms in total. The van der Waals surface area contributed by atoms with Crippen LogP contribution in [0.2, 0.25) is 0 Å². The van der Waals surface area contributed by atoms with Gasteiger partial charge >= 0.3 is 6.03 Å². The maximum absolute atomic E-state index is 12.7. The molecular weight excluding hydrogens is 352 g/mol. The number of carbonyl (C=O) groups excluding carboxylic acids is 2. The van der Waals surface area contributed by atoms with E-state index in [1.807, 2.05) is 43.9 Å². The second kappa shape index (κ2) is 9.41. The van der Waals surface area contributed by atoms with E-state index in [1.54, 1.807) is 0 Å². The molecule has 2 heterocycles. The molecule has 1 aromatic rings. The van der Waals surface area contributed by atoms with E-state index in [0.29, 0.717) is 11.6 Å². The zero-order chi connectivity index (χ0) is 20.1. The van der Waals surface area contributed by atoms with Gasteiger partial charge in [-0.1, -0.05) is 19.9 Å². The molecule has 6 heteroatoms. The van der Waals surface area contributed by atoms with E-state index in [-0.39, 0.29) is 17.9 Å². The first-order valence-electron chi connectivity index (χ1n) is 10.6. The summed E-state index contributed by atoms with van der Waals surface area (Å²) in [6, 6.07) is 5.59. The van der Waals surface area contributed by atoms with E-state index in [4.69, 9.17) is 0 Å². The molecule has 1 aromatic carbocycles. The molecule has 2 saturated heterocycles. The summed E-state index contributed by atoms with van der Waals surface area (Å²) in [7, 11) is 0. The third-order valence-corrected chi connectivity index (χ3v) is 5.89. The van der Waals surface area contributed by atoms with Crippen LogP contribution < -0.4 is 10.6 Å².